The predicted octanol–water partition coefficient (Wildman–Crippen LogP) is 4.59. The Kier molecular flexibility index (Phi) is 5.94. The van der Waals surface area contributed by atoms with Gasteiger partial charge in [-0.3, -0.25) is 4.79 Å². The second-order valence-electron chi connectivity index (χ2n) is 6.29. The molecule has 0 aromatic heterocycles. The quantitative estimate of drug-likeness (QED) is 0.672. The van der Waals surface area contributed by atoms with E-state index in [4.69, 9.17) is 37.4 Å². The molecule has 2 unspecified atom stereocenters. The van der Waals surface area contributed by atoms with E-state index in [1.807, 2.05) is 18.2 Å². The highest BCUT2D eigenvalue weighted by Gasteiger charge is 2.37. The zero-order valence-electron chi connectivity index (χ0n) is 14.6. The number of ether oxygens (including phenoxy) is 3. The minimum absolute atomic E-state index is 0.0490. The number of rotatable bonds is 6. The molecule has 1 heterocycles. The lowest BCUT2D eigenvalue weighted by molar-refractivity contribution is -0.141. The molecule has 2 aromatic carbocycles. The Morgan fingerprint density at radius 1 is 1.04 bits per heavy atom. The van der Waals surface area contributed by atoms with E-state index in [2.05, 4.69) is 0 Å². The molecule has 2 atom stereocenters. The minimum Gasteiger partial charge on any atom is -0.493 e. The van der Waals surface area contributed by atoms with Gasteiger partial charge in [0.05, 0.1) is 26.7 Å². The van der Waals surface area contributed by atoms with Gasteiger partial charge in [-0.15, -0.1) is 0 Å². The first-order valence-electron chi connectivity index (χ1n) is 8.34. The Balaban J connectivity index is 1.80. The van der Waals surface area contributed by atoms with Crippen LogP contribution in [0.5, 0.6) is 11.5 Å². The van der Waals surface area contributed by atoms with Crippen molar-refractivity contribution in [1.29, 1.82) is 0 Å². The second-order valence-corrected chi connectivity index (χ2v) is 7.11. The smallest absolute Gasteiger partial charge is 0.309 e. The maximum atomic E-state index is 12.3. The molecule has 3 rings (SSSR count). The van der Waals surface area contributed by atoms with Crippen LogP contribution in [-0.4, -0.2) is 26.8 Å². The molecule has 1 aliphatic rings. The summed E-state index contributed by atoms with van der Waals surface area (Å²) >= 11 is 12.5. The van der Waals surface area contributed by atoms with Crippen molar-refractivity contribution in [2.45, 2.75) is 12.8 Å². The molecule has 0 N–H and O–H groups in total. The van der Waals surface area contributed by atoms with Crippen LogP contribution in [0, 0.1) is 11.8 Å². The largest absolute Gasteiger partial charge is 0.493 e. The van der Waals surface area contributed by atoms with E-state index in [9.17, 15) is 4.79 Å². The fourth-order valence-electron chi connectivity index (χ4n) is 3.31. The number of carbonyl (C=O) groups excluding carboxylic acids is 1. The first-order valence-corrected chi connectivity index (χ1v) is 9.09. The molecule has 2 aromatic rings. The third-order valence-electron chi connectivity index (χ3n) is 4.74. The van der Waals surface area contributed by atoms with Gasteiger partial charge in [0, 0.05) is 16.0 Å². The average Bonchev–Trinajstić information content (AvgIpc) is 2.97. The van der Waals surface area contributed by atoms with Gasteiger partial charge in [0.1, 0.15) is 0 Å². The molecule has 0 aliphatic carbocycles. The normalized spacial score (nSPS) is 19.3. The van der Waals surface area contributed by atoms with Crippen molar-refractivity contribution in [2.75, 3.05) is 20.8 Å². The van der Waals surface area contributed by atoms with Crippen molar-refractivity contribution in [3.8, 4) is 11.5 Å². The molecule has 1 aliphatic heterocycles. The number of hydrogen-bond acceptors (Lipinski definition) is 4. The van der Waals surface area contributed by atoms with Crippen molar-refractivity contribution in [2.24, 2.45) is 11.8 Å². The standard InChI is InChI=1S/C20H20Cl2O4/c1-24-18-7-6-12(9-19(18)25-2)8-13-11-26-20(23)14(13)10-15-16(21)4-3-5-17(15)22/h3-7,9,13-14H,8,10-11H2,1-2H3. The van der Waals surface area contributed by atoms with Crippen molar-refractivity contribution in [3.63, 3.8) is 0 Å². The van der Waals surface area contributed by atoms with Gasteiger partial charge in [-0.05, 0) is 48.2 Å². The zero-order chi connectivity index (χ0) is 18.7. The Morgan fingerprint density at radius 2 is 1.73 bits per heavy atom. The molecule has 0 radical (unpaired) electrons. The van der Waals surface area contributed by atoms with Crippen molar-refractivity contribution in [3.05, 3.63) is 57.6 Å². The van der Waals surface area contributed by atoms with Crippen LogP contribution < -0.4 is 9.47 Å². The molecule has 138 valence electrons. The summed E-state index contributed by atoms with van der Waals surface area (Å²) in [5, 5.41) is 1.14. The SMILES string of the molecule is COc1ccc(CC2COC(=O)C2Cc2c(Cl)cccc2Cl)cc1OC. The summed E-state index contributed by atoms with van der Waals surface area (Å²) in [5.41, 5.74) is 1.85. The zero-order valence-corrected chi connectivity index (χ0v) is 16.1. The summed E-state index contributed by atoms with van der Waals surface area (Å²) in [6, 6.07) is 11.1. The molecule has 0 spiro atoms. The number of methoxy groups -OCH3 is 2. The van der Waals surface area contributed by atoms with E-state index in [1.54, 1.807) is 32.4 Å². The van der Waals surface area contributed by atoms with Crippen LogP contribution in [0.2, 0.25) is 10.0 Å². The highest BCUT2D eigenvalue weighted by atomic mass is 35.5. The Hall–Kier alpha value is -1.91. The van der Waals surface area contributed by atoms with E-state index in [0.29, 0.717) is 41.0 Å². The lowest BCUT2D eigenvalue weighted by Crippen LogP contribution is -2.21. The summed E-state index contributed by atoms with van der Waals surface area (Å²) in [7, 11) is 3.20. The van der Waals surface area contributed by atoms with Gasteiger partial charge in [0.25, 0.3) is 0 Å². The second kappa shape index (κ2) is 8.19. The van der Waals surface area contributed by atoms with Crippen molar-refractivity contribution >= 4 is 29.2 Å². The van der Waals surface area contributed by atoms with Crippen LogP contribution >= 0.6 is 23.2 Å². The van der Waals surface area contributed by atoms with E-state index >= 15 is 0 Å². The third-order valence-corrected chi connectivity index (χ3v) is 5.45. The molecule has 0 amide bonds. The molecular weight excluding hydrogens is 375 g/mol. The van der Waals surface area contributed by atoms with Gasteiger partial charge >= 0.3 is 5.97 Å². The van der Waals surface area contributed by atoms with Crippen LogP contribution in [0.15, 0.2) is 36.4 Å². The summed E-state index contributed by atoms with van der Waals surface area (Å²) < 4.78 is 16.0. The van der Waals surface area contributed by atoms with Crippen LogP contribution in [0.4, 0.5) is 0 Å². The molecule has 6 heteroatoms. The Morgan fingerprint density at radius 3 is 2.38 bits per heavy atom. The molecule has 1 fully saturated rings. The van der Waals surface area contributed by atoms with Gasteiger partial charge in [-0.1, -0.05) is 35.3 Å². The fraction of sp³-hybridized carbons (Fsp3) is 0.350. The summed E-state index contributed by atoms with van der Waals surface area (Å²) in [4.78, 5) is 12.3. The van der Waals surface area contributed by atoms with Gasteiger partial charge in [0.15, 0.2) is 11.5 Å². The van der Waals surface area contributed by atoms with Crippen molar-refractivity contribution < 1.29 is 19.0 Å². The van der Waals surface area contributed by atoms with E-state index in [0.717, 1.165) is 11.1 Å². The number of halogens is 2. The maximum Gasteiger partial charge on any atom is 0.309 e. The third kappa shape index (κ3) is 3.92. The molecular formula is C20H20Cl2O4. The van der Waals surface area contributed by atoms with E-state index < -0.39 is 0 Å². The van der Waals surface area contributed by atoms with Gasteiger partial charge in [-0.25, -0.2) is 0 Å². The fourth-order valence-corrected chi connectivity index (χ4v) is 3.87. The molecule has 1 saturated heterocycles. The number of esters is 1. The molecule has 0 saturated carbocycles. The first-order chi connectivity index (χ1) is 12.5. The van der Waals surface area contributed by atoms with Gasteiger partial charge in [-0.2, -0.15) is 0 Å². The van der Waals surface area contributed by atoms with Crippen LogP contribution in [0.1, 0.15) is 11.1 Å². The van der Waals surface area contributed by atoms with E-state index in [1.165, 1.54) is 0 Å². The molecule has 26 heavy (non-hydrogen) atoms. The highest BCUT2D eigenvalue weighted by Crippen LogP contribution is 2.35. The van der Waals surface area contributed by atoms with Crippen LogP contribution in [0.25, 0.3) is 0 Å². The summed E-state index contributed by atoms with van der Waals surface area (Å²) in [5.74, 6) is 0.912. The predicted molar refractivity (Wildman–Crippen MR) is 101 cm³/mol. The molecule has 4 nitrogen and oxygen atoms in total. The first kappa shape index (κ1) is 18.9. The minimum atomic E-state index is -0.277. The Labute approximate surface area is 163 Å². The van der Waals surface area contributed by atoms with Gasteiger partial charge in [0.2, 0.25) is 0 Å². The van der Waals surface area contributed by atoms with E-state index in [-0.39, 0.29) is 17.8 Å². The lowest BCUT2D eigenvalue weighted by atomic mass is 9.85. The van der Waals surface area contributed by atoms with Crippen LogP contribution in [-0.2, 0) is 22.4 Å². The van der Waals surface area contributed by atoms with Gasteiger partial charge < -0.3 is 14.2 Å². The van der Waals surface area contributed by atoms with Crippen LogP contribution in [0.3, 0.4) is 0 Å². The Bertz CT molecular complexity index is 786. The number of hydrogen-bond donors (Lipinski definition) is 0. The van der Waals surface area contributed by atoms with Crippen molar-refractivity contribution in [1.82, 2.24) is 0 Å². The summed E-state index contributed by atoms with van der Waals surface area (Å²) in [6.07, 6.45) is 1.16. The topological polar surface area (TPSA) is 44.8 Å². The maximum absolute atomic E-state index is 12.3. The number of cyclic esters (lactones) is 1. The highest BCUT2D eigenvalue weighted by molar-refractivity contribution is 6.36. The number of benzene rings is 2. The number of carbonyl (C=O) groups is 1. The monoisotopic (exact) mass is 394 g/mol. The average molecular weight is 395 g/mol. The lowest BCUT2D eigenvalue weighted by Gasteiger charge is -2.17. The molecule has 0 bridgehead atoms. The summed E-state index contributed by atoms with van der Waals surface area (Å²) in [6.45, 7) is 0.389.